The Hall–Kier alpha value is -4.37. The van der Waals surface area contributed by atoms with Gasteiger partial charge in [0.05, 0.1) is 54.0 Å². The molecular weight excluding hydrogens is 862 g/mol. The fourth-order valence-corrected chi connectivity index (χ4v) is 6.73. The maximum absolute atomic E-state index is 12.5. The monoisotopic (exact) mass is 885 g/mol. The average molecular weight is 887 g/mol. The summed E-state index contributed by atoms with van der Waals surface area (Å²) in [7, 11) is -8.54. The Morgan fingerprint density at radius 3 is 1.73 bits per heavy atom. The van der Waals surface area contributed by atoms with Crippen molar-refractivity contribution in [3.05, 3.63) is 117 Å². The number of sulfonamides is 1. The summed E-state index contributed by atoms with van der Waals surface area (Å²) in [5.41, 5.74) is 0.890. The Labute approximate surface area is 361 Å². The number of aromatic amines is 1. The largest absolute Gasteiger partial charge is 3.00 e. The average Bonchev–Trinajstić information content (AvgIpc) is 3.57. The Kier molecular flexibility index (Phi) is 15.4. The van der Waals surface area contributed by atoms with Crippen molar-refractivity contribution >= 4 is 66.0 Å². The van der Waals surface area contributed by atoms with E-state index in [-0.39, 0.29) is 79.7 Å². The Bertz CT molecular complexity index is 2730. The molecular formula is C32H24Cl2CrN10NaO8S2. The first kappa shape index (κ1) is 46.0. The van der Waals surface area contributed by atoms with Crippen molar-refractivity contribution < 1.29 is 79.4 Å². The van der Waals surface area contributed by atoms with Gasteiger partial charge in [0.2, 0.25) is 10.0 Å². The van der Waals surface area contributed by atoms with E-state index in [1.807, 2.05) is 6.07 Å². The molecule has 0 bridgehead atoms. The number of primary sulfonamides is 1. The van der Waals surface area contributed by atoms with Crippen molar-refractivity contribution in [1.29, 1.82) is 4.78 Å². The Morgan fingerprint density at radius 1 is 0.768 bits per heavy atom. The zero-order valence-corrected chi connectivity index (χ0v) is 35.5. The first-order chi connectivity index (χ1) is 25.4. The van der Waals surface area contributed by atoms with Crippen LogP contribution in [0, 0.1) is 18.6 Å². The molecule has 0 aliphatic heterocycles. The van der Waals surface area contributed by atoms with Crippen molar-refractivity contribution in [3.63, 3.8) is 0 Å². The molecule has 0 spiro atoms. The van der Waals surface area contributed by atoms with Crippen LogP contribution >= 0.6 is 23.2 Å². The summed E-state index contributed by atoms with van der Waals surface area (Å²) in [4.78, 5) is 11.4. The van der Waals surface area contributed by atoms with E-state index in [9.17, 15) is 37.3 Å². The number of rotatable bonds is 8. The molecule has 1 atom stereocenters. The van der Waals surface area contributed by atoms with Crippen LogP contribution in [0.1, 0.15) is 11.4 Å². The number of nitrogens with two attached hydrogens (primary N) is 1. The molecule has 0 saturated carbocycles. The number of H-pyrrole nitrogens is 1. The first-order valence-electron chi connectivity index (χ1n) is 14.9. The molecule has 24 heteroatoms. The van der Waals surface area contributed by atoms with Crippen LogP contribution in [-0.4, -0.2) is 36.7 Å². The second kappa shape index (κ2) is 18.7. The number of hydrogen-bond acceptors (Lipinski definition) is 14. The molecule has 0 saturated heterocycles. The van der Waals surface area contributed by atoms with E-state index in [1.54, 1.807) is 68.4 Å². The van der Waals surface area contributed by atoms with Crippen LogP contribution in [0.5, 0.6) is 17.4 Å². The maximum Gasteiger partial charge on any atom is 3.00 e. The van der Waals surface area contributed by atoms with Crippen molar-refractivity contribution in [2.24, 2.45) is 25.6 Å². The van der Waals surface area contributed by atoms with Crippen molar-refractivity contribution in [1.82, 2.24) is 19.6 Å². The van der Waals surface area contributed by atoms with Crippen LogP contribution in [0.4, 0.5) is 22.7 Å². The summed E-state index contributed by atoms with van der Waals surface area (Å²) in [6.45, 7) is 3.19. The van der Waals surface area contributed by atoms with Crippen LogP contribution < -0.4 is 55.6 Å². The molecule has 0 fully saturated rings. The molecule has 56 heavy (non-hydrogen) atoms. The molecule has 2 aromatic heterocycles. The first-order valence-corrected chi connectivity index (χ1v) is 18.7. The number of hydrogen-bond donors (Lipinski definition) is 3. The Morgan fingerprint density at radius 2 is 1.23 bits per heavy atom. The number of halogens is 2. The van der Waals surface area contributed by atoms with Crippen molar-refractivity contribution in [2.45, 2.75) is 23.6 Å². The Balaban J connectivity index is 0.000000290. The summed E-state index contributed by atoms with van der Waals surface area (Å²) < 4.78 is 54.7. The van der Waals surface area contributed by atoms with E-state index < -0.39 is 52.8 Å². The zero-order valence-electron chi connectivity index (χ0n) is 29.0. The molecule has 6 rings (SSSR count). The fraction of sp³-hybridized carbons (Fsp3) is 0.0625. The van der Waals surface area contributed by atoms with Crippen LogP contribution in [0.3, 0.4) is 0 Å². The van der Waals surface area contributed by atoms with Crippen LogP contribution in [0.25, 0.3) is 11.4 Å². The number of aromatic nitrogens is 4. The van der Waals surface area contributed by atoms with Gasteiger partial charge in [-0.2, -0.15) is 15.3 Å². The van der Waals surface area contributed by atoms with Gasteiger partial charge < -0.3 is 19.9 Å². The van der Waals surface area contributed by atoms with Gasteiger partial charge in [0.1, 0.15) is 5.69 Å². The van der Waals surface area contributed by atoms with Gasteiger partial charge in [0, 0.05) is 15.9 Å². The number of benzene rings is 4. The summed E-state index contributed by atoms with van der Waals surface area (Å²) >= 11 is 11.6. The topological polar surface area (TPSA) is 298 Å². The standard InChI is InChI=1S/2C16H14ClN5O4S.Cr.Na/c2*1-9-15(16(24)22(21-9)10-5-3-2-4-6-10)20-19-12-7-11(17)14(8-13(12)23)27(18,25)26;;/h2-8,23-24H,1H3,(H2,18,25,26);2-8,21,23H,1H3,(H2,18,25,26);;/q;;+3;+1/p-4. The van der Waals surface area contributed by atoms with Gasteiger partial charge in [0.25, 0.3) is 5.56 Å². The molecule has 6 aromatic rings. The number of nitrogens with zero attached hydrogens (tertiary/aromatic N) is 7. The molecule has 0 aliphatic carbocycles. The number of nitrogens with one attached hydrogen (secondary N) is 2. The molecule has 283 valence electrons. The van der Waals surface area contributed by atoms with E-state index in [1.165, 1.54) is 4.68 Å². The second-order valence-electron chi connectivity index (χ2n) is 11.0. The number of azo groups is 2. The quantitative estimate of drug-likeness (QED) is 0.149. The SMILES string of the molecule is Cc1[nH]n(-c2ccccc2)c(=O)c1N=Nc1cc(Cl)c(S(N)(=O)=O)cc1[O-].Cc1nn(-c2ccccc2)c([O-])c1N=Nc1cc(Cl)c(S(=N)(=O)[O-])cc1[O-].[Cr+3].[Na+]. The van der Waals surface area contributed by atoms with E-state index in [4.69, 9.17) is 33.1 Å². The molecule has 1 radical (unpaired) electrons. The summed E-state index contributed by atoms with van der Waals surface area (Å²) in [6.07, 6.45) is 0. The predicted octanol–water partition coefficient (Wildman–Crippen LogP) is 2.20. The molecule has 2 heterocycles. The maximum atomic E-state index is 12.5. The van der Waals surface area contributed by atoms with Gasteiger partial charge in [-0.15, -0.1) is 10.2 Å². The summed E-state index contributed by atoms with van der Waals surface area (Å²) in [5, 5.41) is 63.0. The number of aryl methyl sites for hydroxylation is 2. The molecule has 0 amide bonds. The summed E-state index contributed by atoms with van der Waals surface area (Å²) in [6, 6.07) is 21.0. The van der Waals surface area contributed by atoms with Crippen LogP contribution in [0.15, 0.2) is 120 Å². The van der Waals surface area contributed by atoms with Gasteiger partial charge in [0.15, 0.2) is 5.69 Å². The van der Waals surface area contributed by atoms with Gasteiger partial charge in [-0.1, -0.05) is 77.2 Å². The van der Waals surface area contributed by atoms with Gasteiger partial charge in [-0.25, -0.2) is 22.9 Å². The van der Waals surface area contributed by atoms with Crippen LogP contribution in [0.2, 0.25) is 10.0 Å². The molecule has 4 N–H and O–H groups in total. The van der Waals surface area contributed by atoms with Crippen LogP contribution in [-0.2, 0) is 37.4 Å². The smallest absolute Gasteiger partial charge is 0.871 e. The third kappa shape index (κ3) is 10.5. The normalized spacial score (nSPS) is 12.4. The zero-order chi connectivity index (χ0) is 39.5. The van der Waals surface area contributed by atoms with Crippen molar-refractivity contribution in [3.8, 4) is 28.8 Å². The molecule has 0 aliphatic rings. The number of para-hydroxylation sites is 2. The third-order valence-electron chi connectivity index (χ3n) is 7.18. The minimum Gasteiger partial charge on any atom is -0.871 e. The second-order valence-corrected chi connectivity index (χ2v) is 14.8. The van der Waals surface area contributed by atoms with Crippen molar-refractivity contribution in [2.75, 3.05) is 0 Å². The molecule has 4 aromatic carbocycles. The van der Waals surface area contributed by atoms with Gasteiger partial charge >= 0.3 is 46.9 Å². The van der Waals surface area contributed by atoms with Gasteiger partial charge in [-0.05, 0) is 56.3 Å². The van der Waals surface area contributed by atoms with E-state index in [0.717, 1.165) is 22.9 Å². The predicted molar refractivity (Wildman–Crippen MR) is 190 cm³/mol. The third-order valence-corrected chi connectivity index (χ3v) is 9.90. The minimum atomic E-state index is -4.40. The fourth-order valence-electron chi connectivity index (χ4n) is 4.61. The van der Waals surface area contributed by atoms with Gasteiger partial charge in [-0.3, -0.25) is 18.9 Å². The minimum absolute atomic E-state index is 0. The van der Waals surface area contributed by atoms with E-state index >= 15 is 0 Å². The molecule has 18 nitrogen and oxygen atoms in total. The van der Waals surface area contributed by atoms with E-state index in [0.29, 0.717) is 28.8 Å². The molecule has 1 unspecified atom stereocenters. The van der Waals surface area contributed by atoms with E-state index in [2.05, 4.69) is 30.7 Å². The summed E-state index contributed by atoms with van der Waals surface area (Å²) in [5.74, 6) is -2.07.